The van der Waals surface area contributed by atoms with E-state index in [0.29, 0.717) is 46.2 Å². The number of hydrogen-bond acceptors (Lipinski definition) is 10. The summed E-state index contributed by atoms with van der Waals surface area (Å²) < 4.78 is 37.4. The number of anilines is 1. The molecule has 3 N–H and O–H groups in total. The standard InChI is InChI=1S/C24H31N5O6S.C7H4Cl2O/c1-3-4-5-6-15-34-22(30)17-35-19-7-9-20(10-8-19)36(32,33)29-16-21(25-2)23(28-29)24(31)27-18-11-13-26-14-12-18;8-6-2-1-3-7(9)5(6)4-10/h1,7-10,16,18,25-26H,4-6,11-15,17H2,2H3,(H,27,31);1-4H. The van der Waals surface area contributed by atoms with Gasteiger partial charge in [-0.2, -0.15) is 17.6 Å². The zero-order chi connectivity index (χ0) is 33.5. The molecule has 46 heavy (non-hydrogen) atoms. The van der Waals surface area contributed by atoms with E-state index in [1.54, 1.807) is 25.2 Å². The fourth-order valence-electron chi connectivity index (χ4n) is 4.18. The number of nitrogens with one attached hydrogen (secondary N) is 3. The number of carbonyl (C=O) groups excluding carboxylic acids is 3. The first kappa shape index (κ1) is 36.4. The van der Waals surface area contributed by atoms with Crippen LogP contribution in [0.15, 0.2) is 53.6 Å². The molecule has 1 aliphatic rings. The van der Waals surface area contributed by atoms with Crippen molar-refractivity contribution in [2.45, 2.75) is 43.0 Å². The molecule has 0 radical (unpaired) electrons. The Labute approximate surface area is 278 Å². The van der Waals surface area contributed by atoms with Crippen molar-refractivity contribution in [2.24, 2.45) is 0 Å². The van der Waals surface area contributed by atoms with Crippen LogP contribution in [0.3, 0.4) is 0 Å². The minimum Gasteiger partial charge on any atom is -0.482 e. The van der Waals surface area contributed by atoms with E-state index in [1.807, 2.05) is 0 Å². The summed E-state index contributed by atoms with van der Waals surface area (Å²) in [6, 6.07) is 10.5. The summed E-state index contributed by atoms with van der Waals surface area (Å²) in [5, 5.41) is 13.8. The number of piperidine rings is 1. The summed E-state index contributed by atoms with van der Waals surface area (Å²) in [5.74, 6) is 1.85. The quantitative estimate of drug-likeness (QED) is 0.103. The van der Waals surface area contributed by atoms with Gasteiger partial charge in [-0.3, -0.25) is 9.59 Å². The van der Waals surface area contributed by atoms with Gasteiger partial charge in [0.1, 0.15) is 5.75 Å². The number of carbonyl (C=O) groups is 3. The number of ether oxygens (including phenoxy) is 2. The van der Waals surface area contributed by atoms with Crippen molar-refractivity contribution in [1.82, 2.24) is 19.8 Å². The van der Waals surface area contributed by atoms with Crippen LogP contribution in [0.25, 0.3) is 0 Å². The molecule has 0 spiro atoms. The Morgan fingerprint density at radius 3 is 2.39 bits per heavy atom. The molecule has 2 aromatic carbocycles. The normalized spacial score (nSPS) is 13.0. The van der Waals surface area contributed by atoms with E-state index in [2.05, 4.69) is 27.0 Å². The predicted molar refractivity (Wildman–Crippen MR) is 175 cm³/mol. The van der Waals surface area contributed by atoms with E-state index in [4.69, 9.17) is 39.1 Å². The second-order valence-corrected chi connectivity index (χ2v) is 12.5. The Hall–Kier alpha value is -4.09. The molecule has 0 atom stereocenters. The Morgan fingerprint density at radius 1 is 1.13 bits per heavy atom. The molecule has 12 nitrogen and oxygen atoms in total. The summed E-state index contributed by atoms with van der Waals surface area (Å²) >= 11 is 11.2. The number of amides is 1. The van der Waals surface area contributed by atoms with Crippen molar-refractivity contribution < 1.29 is 32.3 Å². The van der Waals surface area contributed by atoms with Gasteiger partial charge in [0.25, 0.3) is 15.9 Å². The van der Waals surface area contributed by atoms with Crippen LogP contribution >= 0.6 is 23.2 Å². The third-order valence-corrected chi connectivity index (χ3v) is 8.88. The van der Waals surface area contributed by atoms with Crippen LogP contribution in [-0.4, -0.2) is 75.2 Å². The Kier molecular flexibility index (Phi) is 14.4. The summed E-state index contributed by atoms with van der Waals surface area (Å²) in [4.78, 5) is 34.7. The van der Waals surface area contributed by atoms with Gasteiger partial charge in [0.05, 0.1) is 39.0 Å². The molecule has 1 aromatic heterocycles. The molecule has 246 valence electrons. The third kappa shape index (κ3) is 10.5. The zero-order valence-electron chi connectivity index (χ0n) is 25.1. The van der Waals surface area contributed by atoms with Gasteiger partial charge in [-0.25, -0.2) is 4.79 Å². The predicted octanol–water partition coefficient (Wildman–Crippen LogP) is 4.18. The van der Waals surface area contributed by atoms with Gasteiger partial charge < -0.3 is 25.4 Å². The maximum atomic E-state index is 13.1. The fraction of sp³-hybridized carbons (Fsp3) is 0.355. The fourth-order valence-corrected chi connectivity index (χ4v) is 5.80. The van der Waals surface area contributed by atoms with Gasteiger partial charge in [0, 0.05) is 19.5 Å². The molecule has 4 rings (SSSR count). The summed E-state index contributed by atoms with van der Waals surface area (Å²) in [7, 11) is -2.48. The van der Waals surface area contributed by atoms with E-state index in [-0.39, 0.29) is 29.8 Å². The summed E-state index contributed by atoms with van der Waals surface area (Å²) in [5.41, 5.74) is 0.644. The topological polar surface area (TPSA) is 158 Å². The lowest BCUT2D eigenvalue weighted by molar-refractivity contribution is -0.146. The first-order chi connectivity index (χ1) is 22.1. The van der Waals surface area contributed by atoms with Crippen molar-refractivity contribution in [3.63, 3.8) is 0 Å². The highest BCUT2D eigenvalue weighted by molar-refractivity contribution is 7.89. The molecular formula is C31H35Cl2N5O7S. The number of rotatable bonds is 13. The lowest BCUT2D eigenvalue weighted by Crippen LogP contribution is -2.43. The lowest BCUT2D eigenvalue weighted by atomic mass is 10.1. The second-order valence-electron chi connectivity index (χ2n) is 9.91. The number of unbranched alkanes of at least 4 members (excludes halogenated alkanes) is 2. The van der Waals surface area contributed by atoms with E-state index >= 15 is 0 Å². The number of esters is 1. The molecular weight excluding hydrogens is 657 g/mol. The molecule has 1 fully saturated rings. The van der Waals surface area contributed by atoms with E-state index in [1.165, 1.54) is 30.5 Å². The molecule has 2 heterocycles. The highest BCUT2D eigenvalue weighted by Gasteiger charge is 2.26. The average molecular weight is 693 g/mol. The molecule has 3 aromatic rings. The van der Waals surface area contributed by atoms with Crippen LogP contribution in [0.4, 0.5) is 5.69 Å². The minimum atomic E-state index is -4.07. The van der Waals surface area contributed by atoms with Crippen LogP contribution < -0.4 is 20.7 Å². The molecule has 0 bridgehead atoms. The van der Waals surface area contributed by atoms with Crippen LogP contribution in [-0.2, 0) is 19.6 Å². The smallest absolute Gasteiger partial charge is 0.344 e. The van der Waals surface area contributed by atoms with E-state index in [0.717, 1.165) is 36.4 Å². The number of terminal acetylenes is 1. The highest BCUT2D eigenvalue weighted by Crippen LogP contribution is 2.23. The Balaban J connectivity index is 0.000000489. The molecule has 0 aliphatic carbocycles. The first-order valence-electron chi connectivity index (χ1n) is 14.4. The third-order valence-electron chi connectivity index (χ3n) is 6.67. The van der Waals surface area contributed by atoms with Crippen LogP contribution in [0, 0.1) is 12.3 Å². The van der Waals surface area contributed by atoms with Gasteiger partial charge in [-0.15, -0.1) is 12.3 Å². The van der Waals surface area contributed by atoms with Crippen LogP contribution in [0.5, 0.6) is 5.75 Å². The van der Waals surface area contributed by atoms with Crippen molar-refractivity contribution in [2.75, 3.05) is 38.7 Å². The maximum Gasteiger partial charge on any atom is 0.344 e. The average Bonchev–Trinajstić information content (AvgIpc) is 3.51. The van der Waals surface area contributed by atoms with Gasteiger partial charge in [0.2, 0.25) is 0 Å². The number of hydrogen-bond donors (Lipinski definition) is 3. The highest BCUT2D eigenvalue weighted by atomic mass is 35.5. The van der Waals surface area contributed by atoms with E-state index in [9.17, 15) is 22.8 Å². The van der Waals surface area contributed by atoms with Crippen molar-refractivity contribution in [1.29, 1.82) is 0 Å². The maximum absolute atomic E-state index is 13.1. The largest absolute Gasteiger partial charge is 0.482 e. The lowest BCUT2D eigenvalue weighted by Gasteiger charge is -2.23. The van der Waals surface area contributed by atoms with E-state index < -0.39 is 21.9 Å². The van der Waals surface area contributed by atoms with Gasteiger partial charge in [-0.05, 0) is 75.2 Å². The molecule has 15 heteroatoms. The van der Waals surface area contributed by atoms with Gasteiger partial charge >= 0.3 is 5.97 Å². The van der Waals surface area contributed by atoms with Crippen molar-refractivity contribution >= 4 is 57.1 Å². The first-order valence-corrected chi connectivity index (χ1v) is 16.6. The summed E-state index contributed by atoms with van der Waals surface area (Å²) in [6.45, 7) is 1.57. The minimum absolute atomic E-state index is 0.00244. The van der Waals surface area contributed by atoms with Crippen LogP contribution in [0.2, 0.25) is 10.0 Å². The Bertz CT molecular complexity index is 1610. The summed E-state index contributed by atoms with van der Waals surface area (Å²) in [6.07, 6.45) is 10.7. The number of aromatic nitrogens is 2. The Morgan fingerprint density at radius 2 is 1.80 bits per heavy atom. The number of halogens is 2. The SMILES string of the molecule is C#CCCCCOC(=O)COc1ccc(S(=O)(=O)n2cc(NC)c(C(=O)NC3CCNCC3)n2)cc1.O=Cc1c(Cl)cccc1Cl. The molecule has 1 aliphatic heterocycles. The molecule has 1 amide bonds. The van der Waals surface area contributed by atoms with Crippen molar-refractivity contribution in [3.8, 4) is 18.1 Å². The second kappa shape index (κ2) is 18.2. The molecule has 0 saturated carbocycles. The van der Waals surface area contributed by atoms with Crippen molar-refractivity contribution in [3.05, 3.63) is 70.0 Å². The number of aldehydes is 1. The number of benzene rings is 2. The zero-order valence-corrected chi connectivity index (χ0v) is 27.5. The van der Waals surface area contributed by atoms with Gasteiger partial charge in [0.15, 0.2) is 18.6 Å². The van der Waals surface area contributed by atoms with Crippen LogP contribution in [0.1, 0.15) is 53.0 Å². The monoisotopic (exact) mass is 691 g/mol. The number of nitrogens with zero attached hydrogens (tertiary/aromatic N) is 2. The molecule has 0 unspecified atom stereocenters. The molecule has 1 saturated heterocycles. The van der Waals surface area contributed by atoms with Gasteiger partial charge in [-0.1, -0.05) is 29.3 Å².